The normalized spacial score (nSPS) is 14.8. The van der Waals surface area contributed by atoms with Gasteiger partial charge in [-0.2, -0.15) is 8.42 Å². The van der Waals surface area contributed by atoms with Gasteiger partial charge in [0.05, 0.1) is 4.90 Å². The van der Waals surface area contributed by atoms with E-state index in [4.69, 9.17) is 4.74 Å². The first-order chi connectivity index (χ1) is 15.3. The lowest BCUT2D eigenvalue weighted by atomic mass is 10.3. The Labute approximate surface area is 190 Å². The van der Waals surface area contributed by atoms with Crippen molar-refractivity contribution in [1.29, 1.82) is 0 Å². The highest BCUT2D eigenvalue weighted by Crippen LogP contribution is 2.36. The first-order valence-electron chi connectivity index (χ1n) is 9.53. The standard InChI is InChI=1S/C21H19N3O5S3/c1-2-22-31(25,26)18-12-13-19-20(14-18)32(27,28)24-21(30-19)23-15-8-10-17(11-9-15)29-16-6-4-3-5-7-16/h3-14,22H,2H2,1H3,(H,23,24). The minimum Gasteiger partial charge on any atom is -0.457 e. The van der Waals surface area contributed by atoms with Gasteiger partial charge in [0.2, 0.25) is 10.0 Å². The molecule has 4 rings (SSSR count). The molecule has 0 fully saturated rings. The fourth-order valence-corrected chi connectivity index (χ4v) is 6.56. The Kier molecular flexibility index (Phi) is 6.24. The molecule has 166 valence electrons. The van der Waals surface area contributed by atoms with E-state index in [1.165, 1.54) is 12.1 Å². The number of amidine groups is 1. The van der Waals surface area contributed by atoms with Crippen LogP contribution in [0.3, 0.4) is 0 Å². The largest absolute Gasteiger partial charge is 0.457 e. The highest BCUT2D eigenvalue weighted by atomic mass is 32.2. The van der Waals surface area contributed by atoms with E-state index in [2.05, 4.69) is 14.4 Å². The molecule has 1 aliphatic heterocycles. The summed E-state index contributed by atoms with van der Waals surface area (Å²) in [6.07, 6.45) is 0. The predicted molar refractivity (Wildman–Crippen MR) is 124 cm³/mol. The topological polar surface area (TPSA) is 114 Å². The summed E-state index contributed by atoms with van der Waals surface area (Å²) in [6, 6.07) is 20.3. The fraction of sp³-hybridized carbons (Fsp3) is 0.0952. The number of thioether (sulfide) groups is 1. The van der Waals surface area contributed by atoms with Gasteiger partial charge in [-0.1, -0.05) is 25.1 Å². The summed E-state index contributed by atoms with van der Waals surface area (Å²) in [5.41, 5.74) is 0.627. The van der Waals surface area contributed by atoms with E-state index >= 15 is 0 Å². The number of hydrogen-bond acceptors (Lipinski definition) is 7. The molecule has 0 bridgehead atoms. The Morgan fingerprint density at radius 1 is 0.969 bits per heavy atom. The molecule has 0 unspecified atom stereocenters. The van der Waals surface area contributed by atoms with Crippen LogP contribution in [0.2, 0.25) is 0 Å². The van der Waals surface area contributed by atoms with Crippen LogP contribution in [0.15, 0.2) is 91.9 Å². The van der Waals surface area contributed by atoms with E-state index in [9.17, 15) is 16.8 Å². The van der Waals surface area contributed by atoms with E-state index in [1.807, 2.05) is 30.3 Å². The van der Waals surface area contributed by atoms with Gasteiger partial charge < -0.3 is 10.1 Å². The van der Waals surface area contributed by atoms with E-state index < -0.39 is 20.0 Å². The third-order valence-corrected chi connectivity index (χ3v) is 8.40. The zero-order valence-electron chi connectivity index (χ0n) is 16.8. The van der Waals surface area contributed by atoms with Gasteiger partial charge in [-0.05, 0) is 66.4 Å². The van der Waals surface area contributed by atoms with Crippen molar-refractivity contribution < 1.29 is 21.6 Å². The molecule has 0 amide bonds. The van der Waals surface area contributed by atoms with Crippen molar-refractivity contribution in [2.45, 2.75) is 21.6 Å². The molecule has 0 spiro atoms. The number of sulfonamides is 2. The number of benzene rings is 3. The summed E-state index contributed by atoms with van der Waals surface area (Å²) in [4.78, 5) is 0.128. The van der Waals surface area contributed by atoms with Crippen LogP contribution in [-0.4, -0.2) is 28.5 Å². The first-order valence-corrected chi connectivity index (χ1v) is 13.3. The number of fused-ring (bicyclic) bond motifs is 1. The summed E-state index contributed by atoms with van der Waals surface area (Å²) >= 11 is 1.11. The SMILES string of the molecule is CCNS(=O)(=O)c1ccc2c(c1)S(=O)(=O)N=C(Nc1ccc(Oc3ccccc3)cc1)S2. The number of ether oxygens (including phenoxy) is 1. The van der Waals surface area contributed by atoms with Crippen molar-refractivity contribution >= 4 is 42.7 Å². The zero-order valence-corrected chi connectivity index (χ0v) is 19.3. The van der Waals surface area contributed by atoms with Gasteiger partial charge in [0.15, 0.2) is 5.17 Å². The molecule has 0 radical (unpaired) electrons. The molecule has 32 heavy (non-hydrogen) atoms. The van der Waals surface area contributed by atoms with Gasteiger partial charge >= 0.3 is 0 Å². The summed E-state index contributed by atoms with van der Waals surface area (Å²) in [7, 11) is -7.85. The second kappa shape index (κ2) is 8.94. The maximum Gasteiger partial charge on any atom is 0.285 e. The Morgan fingerprint density at radius 2 is 1.66 bits per heavy atom. The Morgan fingerprint density at radius 3 is 2.34 bits per heavy atom. The maximum absolute atomic E-state index is 12.7. The molecule has 1 heterocycles. The van der Waals surface area contributed by atoms with Crippen molar-refractivity contribution in [3.8, 4) is 11.5 Å². The van der Waals surface area contributed by atoms with E-state index in [0.717, 1.165) is 17.8 Å². The molecule has 0 aromatic heterocycles. The number of para-hydroxylation sites is 1. The molecular formula is C21H19N3O5S3. The van der Waals surface area contributed by atoms with E-state index in [-0.39, 0.29) is 21.5 Å². The minimum atomic E-state index is -4.07. The number of nitrogens with one attached hydrogen (secondary N) is 2. The van der Waals surface area contributed by atoms with Gasteiger partial charge in [-0.3, -0.25) is 0 Å². The fourth-order valence-electron chi connectivity index (χ4n) is 2.90. The lowest BCUT2D eigenvalue weighted by molar-refractivity contribution is 0.483. The Balaban J connectivity index is 1.53. The second-order valence-electron chi connectivity index (χ2n) is 6.65. The molecular weight excluding hydrogens is 470 g/mol. The zero-order chi connectivity index (χ0) is 22.8. The quantitative estimate of drug-likeness (QED) is 0.537. The average Bonchev–Trinajstić information content (AvgIpc) is 2.75. The molecule has 3 aromatic carbocycles. The van der Waals surface area contributed by atoms with Crippen molar-refractivity contribution in [2.75, 3.05) is 11.9 Å². The highest BCUT2D eigenvalue weighted by molar-refractivity contribution is 8.15. The van der Waals surface area contributed by atoms with Crippen LogP contribution in [0.1, 0.15) is 6.92 Å². The van der Waals surface area contributed by atoms with Crippen LogP contribution in [-0.2, 0) is 20.0 Å². The molecule has 3 aromatic rings. The third kappa shape index (κ3) is 4.96. The molecule has 1 aliphatic rings. The Hall–Kier alpha value is -2.86. The summed E-state index contributed by atoms with van der Waals surface area (Å²) in [6.45, 7) is 1.84. The van der Waals surface area contributed by atoms with Crippen LogP contribution in [0.4, 0.5) is 5.69 Å². The van der Waals surface area contributed by atoms with Crippen molar-refractivity contribution in [2.24, 2.45) is 4.40 Å². The summed E-state index contributed by atoms with van der Waals surface area (Å²) < 4.78 is 61.7. The first kappa shape index (κ1) is 22.3. The average molecular weight is 490 g/mol. The molecule has 2 N–H and O–H groups in total. The number of anilines is 1. The van der Waals surface area contributed by atoms with Crippen LogP contribution in [0, 0.1) is 0 Å². The van der Waals surface area contributed by atoms with Crippen molar-refractivity contribution in [3.63, 3.8) is 0 Å². The smallest absolute Gasteiger partial charge is 0.285 e. The lowest BCUT2D eigenvalue weighted by Crippen LogP contribution is -2.24. The Bertz CT molecular complexity index is 1370. The van der Waals surface area contributed by atoms with E-state index in [1.54, 1.807) is 31.2 Å². The number of hydrogen-bond donors (Lipinski definition) is 2. The van der Waals surface area contributed by atoms with Gasteiger partial charge in [-0.15, -0.1) is 4.40 Å². The molecule has 0 saturated carbocycles. The van der Waals surface area contributed by atoms with Crippen LogP contribution < -0.4 is 14.8 Å². The maximum atomic E-state index is 12.7. The van der Waals surface area contributed by atoms with Crippen LogP contribution in [0.25, 0.3) is 0 Å². The predicted octanol–water partition coefficient (Wildman–Crippen LogP) is 4.04. The number of rotatable bonds is 6. The lowest BCUT2D eigenvalue weighted by Gasteiger charge is -2.17. The van der Waals surface area contributed by atoms with Crippen molar-refractivity contribution in [3.05, 3.63) is 72.8 Å². The van der Waals surface area contributed by atoms with Gasteiger partial charge in [0.1, 0.15) is 16.4 Å². The van der Waals surface area contributed by atoms with Crippen molar-refractivity contribution in [1.82, 2.24) is 4.72 Å². The van der Waals surface area contributed by atoms with Gasteiger partial charge in [0, 0.05) is 17.1 Å². The molecule has 8 nitrogen and oxygen atoms in total. The molecule has 0 aliphatic carbocycles. The van der Waals surface area contributed by atoms with Gasteiger partial charge in [0.25, 0.3) is 10.0 Å². The van der Waals surface area contributed by atoms with Crippen LogP contribution >= 0.6 is 11.8 Å². The van der Waals surface area contributed by atoms with Crippen LogP contribution in [0.5, 0.6) is 11.5 Å². The number of nitrogens with zero attached hydrogens (tertiary/aromatic N) is 1. The monoisotopic (exact) mass is 489 g/mol. The minimum absolute atomic E-state index is 0.122. The summed E-state index contributed by atoms with van der Waals surface area (Å²) in [5.74, 6) is 1.34. The molecule has 0 saturated heterocycles. The summed E-state index contributed by atoms with van der Waals surface area (Å²) in [5, 5.41) is 3.14. The van der Waals surface area contributed by atoms with Gasteiger partial charge in [-0.25, -0.2) is 13.1 Å². The third-order valence-electron chi connectivity index (χ3n) is 4.33. The molecule has 0 atom stereocenters. The second-order valence-corrected chi connectivity index (χ2v) is 11.0. The van der Waals surface area contributed by atoms with E-state index in [0.29, 0.717) is 22.1 Å². The molecule has 11 heteroatoms. The highest BCUT2D eigenvalue weighted by Gasteiger charge is 2.28.